The third kappa shape index (κ3) is 2.20. The lowest BCUT2D eigenvalue weighted by molar-refractivity contribution is 0.289. The highest BCUT2D eigenvalue weighted by Gasteiger charge is 2.18. The standard InChI is InChI=1S/C10H21NSi/c1-8(10(3)12)9(2)11-6-4-5-7-11/h9H,4-7H2,1-3,12H3. The van der Waals surface area contributed by atoms with Crippen molar-refractivity contribution >= 4 is 10.2 Å². The topological polar surface area (TPSA) is 3.24 Å². The van der Waals surface area contributed by atoms with E-state index in [2.05, 4.69) is 25.7 Å². The molecule has 1 atom stereocenters. The Bertz CT molecular complexity index is 176. The van der Waals surface area contributed by atoms with Crippen molar-refractivity contribution in [2.75, 3.05) is 13.1 Å². The van der Waals surface area contributed by atoms with Gasteiger partial charge in [0.25, 0.3) is 0 Å². The van der Waals surface area contributed by atoms with Gasteiger partial charge in [0.05, 0.1) is 0 Å². The van der Waals surface area contributed by atoms with Gasteiger partial charge < -0.3 is 0 Å². The van der Waals surface area contributed by atoms with Gasteiger partial charge in [0, 0.05) is 16.3 Å². The van der Waals surface area contributed by atoms with Crippen molar-refractivity contribution in [3.05, 3.63) is 10.8 Å². The summed E-state index contributed by atoms with van der Waals surface area (Å²) in [5.74, 6) is 0. The second-order valence-electron chi connectivity index (χ2n) is 4.10. The maximum atomic E-state index is 2.61. The number of hydrogen-bond acceptors (Lipinski definition) is 1. The van der Waals surface area contributed by atoms with E-state index in [0.717, 1.165) is 0 Å². The Balaban J connectivity index is 2.57. The second kappa shape index (κ2) is 4.24. The lowest BCUT2D eigenvalue weighted by Crippen LogP contribution is -2.31. The van der Waals surface area contributed by atoms with E-state index in [4.69, 9.17) is 0 Å². The molecule has 1 aliphatic rings. The first-order chi connectivity index (χ1) is 5.63. The fraction of sp³-hybridized carbons (Fsp3) is 0.800. The number of likely N-dealkylation sites (tertiary alicyclic amines) is 1. The minimum absolute atomic E-state index is 0.699. The molecule has 2 heteroatoms. The fourth-order valence-corrected chi connectivity index (χ4v) is 2.24. The van der Waals surface area contributed by atoms with Gasteiger partial charge in [0.1, 0.15) is 0 Å². The van der Waals surface area contributed by atoms with E-state index in [9.17, 15) is 0 Å². The van der Waals surface area contributed by atoms with Crippen molar-refractivity contribution in [1.82, 2.24) is 4.90 Å². The molecule has 1 unspecified atom stereocenters. The van der Waals surface area contributed by atoms with E-state index in [1.54, 1.807) is 10.8 Å². The molecule has 0 amide bonds. The summed E-state index contributed by atoms with van der Waals surface area (Å²) in [5, 5.41) is 1.62. The molecule has 0 aromatic carbocycles. The summed E-state index contributed by atoms with van der Waals surface area (Å²) >= 11 is 0. The zero-order chi connectivity index (χ0) is 9.14. The molecule has 1 fully saturated rings. The summed E-state index contributed by atoms with van der Waals surface area (Å²) in [6.07, 6.45) is 2.80. The predicted octanol–water partition coefficient (Wildman–Crippen LogP) is 1.13. The molecule has 0 aromatic heterocycles. The number of hydrogen-bond donors (Lipinski definition) is 0. The average molecular weight is 183 g/mol. The first-order valence-corrected chi connectivity index (χ1v) is 6.01. The highest BCUT2D eigenvalue weighted by atomic mass is 28.1. The van der Waals surface area contributed by atoms with Crippen LogP contribution in [0.4, 0.5) is 0 Å². The molecule has 0 aromatic rings. The lowest BCUT2D eigenvalue weighted by Gasteiger charge is -2.25. The quantitative estimate of drug-likeness (QED) is 0.580. The Morgan fingerprint density at radius 1 is 1.25 bits per heavy atom. The molecule has 70 valence electrons. The Kier molecular flexibility index (Phi) is 3.53. The maximum Gasteiger partial charge on any atom is 0.0329 e. The van der Waals surface area contributed by atoms with Gasteiger partial charge in [-0.25, -0.2) is 0 Å². The van der Waals surface area contributed by atoms with Gasteiger partial charge in [-0.05, 0) is 46.7 Å². The van der Waals surface area contributed by atoms with Gasteiger partial charge >= 0.3 is 0 Å². The van der Waals surface area contributed by atoms with Crippen LogP contribution in [-0.2, 0) is 0 Å². The highest BCUT2D eigenvalue weighted by Crippen LogP contribution is 2.18. The predicted molar refractivity (Wildman–Crippen MR) is 58.6 cm³/mol. The van der Waals surface area contributed by atoms with Crippen molar-refractivity contribution in [1.29, 1.82) is 0 Å². The first-order valence-electron chi connectivity index (χ1n) is 5.01. The van der Waals surface area contributed by atoms with Crippen molar-refractivity contribution in [2.45, 2.75) is 39.7 Å². The number of rotatable bonds is 2. The van der Waals surface area contributed by atoms with Crippen LogP contribution in [0.25, 0.3) is 0 Å². The van der Waals surface area contributed by atoms with E-state index in [0.29, 0.717) is 6.04 Å². The zero-order valence-electron chi connectivity index (χ0n) is 8.85. The van der Waals surface area contributed by atoms with Crippen LogP contribution >= 0.6 is 0 Å². The van der Waals surface area contributed by atoms with Crippen LogP contribution in [0.2, 0.25) is 0 Å². The Labute approximate surface area is 79.3 Å². The highest BCUT2D eigenvalue weighted by molar-refractivity contribution is 6.21. The summed E-state index contributed by atoms with van der Waals surface area (Å²) in [6.45, 7) is 9.54. The molecule has 0 radical (unpaired) electrons. The smallest absolute Gasteiger partial charge is 0.0329 e. The van der Waals surface area contributed by atoms with E-state index < -0.39 is 0 Å². The van der Waals surface area contributed by atoms with Gasteiger partial charge in [0.2, 0.25) is 0 Å². The van der Waals surface area contributed by atoms with Gasteiger partial charge in [0.15, 0.2) is 0 Å². The third-order valence-corrected chi connectivity index (χ3v) is 3.89. The second-order valence-corrected chi connectivity index (χ2v) is 5.60. The van der Waals surface area contributed by atoms with Crippen molar-refractivity contribution in [3.8, 4) is 0 Å². The van der Waals surface area contributed by atoms with Crippen LogP contribution in [0, 0.1) is 0 Å². The van der Waals surface area contributed by atoms with Crippen LogP contribution in [0.5, 0.6) is 0 Å². The summed E-state index contributed by atoms with van der Waals surface area (Å²) in [6, 6.07) is 0.699. The Hall–Kier alpha value is -0.0831. The van der Waals surface area contributed by atoms with Gasteiger partial charge in [-0.15, -0.1) is 0 Å². The molecular weight excluding hydrogens is 162 g/mol. The fourth-order valence-electron chi connectivity index (χ4n) is 1.82. The molecule has 1 heterocycles. The number of nitrogens with zero attached hydrogens (tertiary/aromatic N) is 1. The van der Waals surface area contributed by atoms with E-state index in [-0.39, 0.29) is 0 Å². The summed E-state index contributed by atoms with van der Waals surface area (Å²) < 4.78 is 0. The molecule has 1 aliphatic heterocycles. The monoisotopic (exact) mass is 183 g/mol. The minimum Gasteiger partial charge on any atom is -0.297 e. The SMILES string of the molecule is CC([SiH3])=C(C)C(C)N1CCCC1. The molecule has 1 nitrogen and oxygen atoms in total. The average Bonchev–Trinajstić information content (AvgIpc) is 2.53. The molecule has 12 heavy (non-hydrogen) atoms. The normalized spacial score (nSPS) is 24.2. The van der Waals surface area contributed by atoms with Gasteiger partial charge in [-0.1, -0.05) is 10.8 Å². The van der Waals surface area contributed by atoms with Crippen LogP contribution in [-0.4, -0.2) is 34.3 Å². The van der Waals surface area contributed by atoms with Crippen molar-refractivity contribution in [3.63, 3.8) is 0 Å². The zero-order valence-corrected chi connectivity index (χ0v) is 10.9. The third-order valence-electron chi connectivity index (χ3n) is 3.10. The molecule has 0 saturated carbocycles. The molecule has 0 aliphatic carbocycles. The van der Waals surface area contributed by atoms with Gasteiger partial charge in [-0.3, -0.25) is 4.90 Å². The van der Waals surface area contributed by atoms with Crippen molar-refractivity contribution < 1.29 is 0 Å². The van der Waals surface area contributed by atoms with Crippen LogP contribution in [0.1, 0.15) is 33.6 Å². The largest absolute Gasteiger partial charge is 0.297 e. The minimum atomic E-state index is 0.699. The van der Waals surface area contributed by atoms with Gasteiger partial charge in [-0.2, -0.15) is 0 Å². The van der Waals surface area contributed by atoms with E-state index >= 15 is 0 Å². The summed E-state index contributed by atoms with van der Waals surface area (Å²) in [5.41, 5.74) is 1.61. The number of allylic oxidation sites excluding steroid dienone is 1. The van der Waals surface area contributed by atoms with E-state index in [1.165, 1.54) is 36.2 Å². The van der Waals surface area contributed by atoms with Crippen LogP contribution in [0.15, 0.2) is 10.8 Å². The molecular formula is C10H21NSi. The lowest BCUT2D eigenvalue weighted by atomic mass is 10.1. The molecule has 0 N–H and O–H groups in total. The molecule has 1 saturated heterocycles. The van der Waals surface area contributed by atoms with Crippen molar-refractivity contribution in [2.24, 2.45) is 0 Å². The van der Waals surface area contributed by atoms with E-state index in [1.807, 2.05) is 0 Å². The molecule has 0 bridgehead atoms. The Morgan fingerprint density at radius 2 is 1.75 bits per heavy atom. The molecule has 0 spiro atoms. The first kappa shape index (κ1) is 10.0. The molecule has 1 rings (SSSR count). The Morgan fingerprint density at radius 3 is 2.17 bits per heavy atom. The van der Waals surface area contributed by atoms with Crippen LogP contribution < -0.4 is 0 Å². The van der Waals surface area contributed by atoms with Crippen LogP contribution in [0.3, 0.4) is 0 Å². The summed E-state index contributed by atoms with van der Waals surface area (Å²) in [7, 11) is 1.22. The maximum absolute atomic E-state index is 2.61. The summed E-state index contributed by atoms with van der Waals surface area (Å²) in [4.78, 5) is 2.61.